The number of carbonyl (C=O) groups excluding carboxylic acids is 1. The Morgan fingerprint density at radius 1 is 1.39 bits per heavy atom. The molecule has 100 valence electrons. The largest absolute Gasteiger partial charge is 0.612 e. The number of alkyl carbamates (subject to hydrolysis) is 1. The Labute approximate surface area is 111 Å². The molecule has 0 spiro atoms. The lowest BCUT2D eigenvalue weighted by Gasteiger charge is -2.20. The molecule has 1 unspecified atom stereocenters. The van der Waals surface area contributed by atoms with Crippen molar-refractivity contribution in [3.8, 4) is 0 Å². The molecule has 1 N–H and O–H groups in total. The van der Waals surface area contributed by atoms with Crippen molar-refractivity contribution in [3.05, 3.63) is 29.8 Å². The maximum Gasteiger partial charge on any atom is 0.407 e. The van der Waals surface area contributed by atoms with E-state index in [0.717, 1.165) is 5.56 Å². The average molecular weight is 269 g/mol. The fraction of sp³-hybridized carbons (Fsp3) is 0.462. The molecule has 0 bridgehead atoms. The lowest BCUT2D eigenvalue weighted by atomic mass is 10.1. The summed E-state index contributed by atoms with van der Waals surface area (Å²) in [5, 5.41) is 2.70. The summed E-state index contributed by atoms with van der Waals surface area (Å²) >= 11 is -1.09. The number of carbonyl (C=O) groups is 1. The van der Waals surface area contributed by atoms with Gasteiger partial charge in [-0.15, -0.1) is 0 Å². The van der Waals surface area contributed by atoms with E-state index in [1.54, 1.807) is 18.4 Å². The highest BCUT2D eigenvalue weighted by molar-refractivity contribution is 7.90. The van der Waals surface area contributed by atoms with Gasteiger partial charge in [-0.05, 0) is 38.0 Å². The second-order valence-corrected chi connectivity index (χ2v) is 6.36. The summed E-state index contributed by atoms with van der Waals surface area (Å²) in [5.41, 5.74) is 0.437. The van der Waals surface area contributed by atoms with E-state index in [0.29, 0.717) is 4.90 Å². The van der Waals surface area contributed by atoms with Crippen molar-refractivity contribution in [2.24, 2.45) is 0 Å². The second-order valence-electron chi connectivity index (χ2n) is 5.01. The van der Waals surface area contributed by atoms with Crippen molar-refractivity contribution in [1.82, 2.24) is 5.32 Å². The maximum atomic E-state index is 11.5. The van der Waals surface area contributed by atoms with Crippen LogP contribution in [0.2, 0.25) is 0 Å². The van der Waals surface area contributed by atoms with E-state index in [9.17, 15) is 9.35 Å². The number of hydrogen-bond acceptors (Lipinski definition) is 3. The molecule has 1 aromatic rings. The van der Waals surface area contributed by atoms with E-state index in [-0.39, 0.29) is 12.1 Å². The van der Waals surface area contributed by atoms with Crippen molar-refractivity contribution in [2.75, 3.05) is 6.26 Å². The Morgan fingerprint density at radius 2 is 2.00 bits per heavy atom. The monoisotopic (exact) mass is 269 g/mol. The Kier molecular flexibility index (Phi) is 5.04. The quantitative estimate of drug-likeness (QED) is 0.857. The minimum absolute atomic E-state index is 0.123. The molecule has 0 aliphatic heterocycles. The highest BCUT2D eigenvalue weighted by Crippen LogP contribution is 2.16. The lowest BCUT2D eigenvalue weighted by molar-refractivity contribution is 0.130. The molecule has 0 aliphatic carbocycles. The highest BCUT2D eigenvalue weighted by Gasteiger charge is 2.16. The molecule has 0 radical (unpaired) electrons. The molecule has 1 rings (SSSR count). The number of benzene rings is 1. The molecule has 0 heterocycles. The van der Waals surface area contributed by atoms with E-state index in [1.165, 1.54) is 0 Å². The highest BCUT2D eigenvalue weighted by atomic mass is 32.2. The van der Waals surface area contributed by atoms with Crippen LogP contribution in [0.25, 0.3) is 0 Å². The number of rotatable bonds is 3. The molecule has 1 atom stereocenters. The summed E-state index contributed by atoms with van der Waals surface area (Å²) in [6.45, 7) is 5.76. The average Bonchev–Trinajstić information content (AvgIpc) is 2.24. The third-order valence-corrected chi connectivity index (χ3v) is 3.14. The zero-order valence-corrected chi connectivity index (χ0v) is 12.0. The molecule has 18 heavy (non-hydrogen) atoms. The Hall–Kier alpha value is -1.20. The van der Waals surface area contributed by atoms with Gasteiger partial charge in [0.15, 0.2) is 4.90 Å². The second kappa shape index (κ2) is 6.11. The van der Waals surface area contributed by atoms with Gasteiger partial charge >= 0.3 is 6.09 Å². The molecule has 0 aromatic heterocycles. The molecule has 0 saturated carbocycles. The van der Waals surface area contributed by atoms with Gasteiger partial charge in [0, 0.05) is 11.1 Å². The summed E-state index contributed by atoms with van der Waals surface area (Å²) in [4.78, 5) is 12.2. The molecular weight excluding hydrogens is 250 g/mol. The van der Waals surface area contributed by atoms with Crippen LogP contribution in [0.5, 0.6) is 0 Å². The zero-order valence-electron chi connectivity index (χ0n) is 11.1. The van der Waals surface area contributed by atoms with Gasteiger partial charge in [0.25, 0.3) is 0 Å². The van der Waals surface area contributed by atoms with Crippen molar-refractivity contribution in [3.63, 3.8) is 0 Å². The SMILES string of the molecule is C[S+]([O-])c1ccccc1COC(=O)NC(C)(C)C. The van der Waals surface area contributed by atoms with Gasteiger partial charge in [-0.3, -0.25) is 0 Å². The smallest absolute Gasteiger partial charge is 0.407 e. The van der Waals surface area contributed by atoms with Crippen molar-refractivity contribution < 1.29 is 14.1 Å². The fourth-order valence-electron chi connectivity index (χ4n) is 1.39. The number of amides is 1. The van der Waals surface area contributed by atoms with Gasteiger partial charge < -0.3 is 14.6 Å². The van der Waals surface area contributed by atoms with Crippen LogP contribution in [-0.2, 0) is 22.5 Å². The van der Waals surface area contributed by atoms with E-state index < -0.39 is 17.3 Å². The normalized spacial score (nSPS) is 12.9. The van der Waals surface area contributed by atoms with E-state index in [1.807, 2.05) is 32.9 Å². The molecule has 5 heteroatoms. The summed E-state index contributed by atoms with van der Waals surface area (Å²) in [5.74, 6) is 0. The third-order valence-electron chi connectivity index (χ3n) is 2.12. The summed E-state index contributed by atoms with van der Waals surface area (Å²) in [7, 11) is 0. The van der Waals surface area contributed by atoms with Crippen LogP contribution in [0.3, 0.4) is 0 Å². The molecule has 1 amide bonds. The van der Waals surface area contributed by atoms with Crippen LogP contribution in [-0.4, -0.2) is 22.4 Å². The molecule has 0 fully saturated rings. The van der Waals surface area contributed by atoms with Crippen LogP contribution in [0.15, 0.2) is 29.2 Å². The Morgan fingerprint density at radius 3 is 2.56 bits per heavy atom. The first-order valence-electron chi connectivity index (χ1n) is 5.66. The maximum absolute atomic E-state index is 11.5. The van der Waals surface area contributed by atoms with Crippen LogP contribution < -0.4 is 5.32 Å². The van der Waals surface area contributed by atoms with Crippen LogP contribution in [0.1, 0.15) is 26.3 Å². The minimum atomic E-state index is -1.09. The lowest BCUT2D eigenvalue weighted by Crippen LogP contribution is -2.40. The van der Waals surface area contributed by atoms with Crippen LogP contribution >= 0.6 is 0 Å². The minimum Gasteiger partial charge on any atom is -0.612 e. The van der Waals surface area contributed by atoms with Crippen molar-refractivity contribution in [1.29, 1.82) is 0 Å². The van der Waals surface area contributed by atoms with Crippen LogP contribution in [0, 0.1) is 0 Å². The third kappa shape index (κ3) is 4.98. The molecule has 1 aromatic carbocycles. The number of hydrogen-bond donors (Lipinski definition) is 1. The molecule has 0 aliphatic rings. The van der Waals surface area contributed by atoms with Crippen molar-refractivity contribution >= 4 is 17.3 Å². The number of ether oxygens (including phenoxy) is 1. The van der Waals surface area contributed by atoms with E-state index in [2.05, 4.69) is 5.32 Å². The van der Waals surface area contributed by atoms with E-state index >= 15 is 0 Å². The number of nitrogens with one attached hydrogen (secondary N) is 1. The van der Waals surface area contributed by atoms with Gasteiger partial charge in [-0.2, -0.15) is 0 Å². The summed E-state index contributed by atoms with van der Waals surface area (Å²) < 4.78 is 16.6. The first-order chi connectivity index (χ1) is 8.29. The topological polar surface area (TPSA) is 61.4 Å². The first kappa shape index (κ1) is 14.9. The molecule has 0 saturated heterocycles. The van der Waals surface area contributed by atoms with Gasteiger partial charge in [-0.25, -0.2) is 4.79 Å². The van der Waals surface area contributed by atoms with Crippen LogP contribution in [0.4, 0.5) is 4.79 Å². The standard InChI is InChI=1S/C13H19NO3S/c1-13(2,3)14-12(15)17-9-10-7-5-6-8-11(10)18(4)16/h5-8H,9H2,1-4H3,(H,14,15). The van der Waals surface area contributed by atoms with Crippen molar-refractivity contribution in [2.45, 2.75) is 37.8 Å². The first-order valence-corrected chi connectivity index (χ1v) is 7.21. The Bertz CT molecular complexity index is 413. The zero-order chi connectivity index (χ0) is 13.8. The predicted octanol–water partition coefficient (Wildman–Crippen LogP) is 2.45. The van der Waals surface area contributed by atoms with E-state index in [4.69, 9.17) is 4.74 Å². The molecular formula is C13H19NO3S. The predicted molar refractivity (Wildman–Crippen MR) is 71.8 cm³/mol. The van der Waals surface area contributed by atoms with Gasteiger partial charge in [0.1, 0.15) is 12.9 Å². The van der Waals surface area contributed by atoms with Gasteiger partial charge in [-0.1, -0.05) is 18.2 Å². The van der Waals surface area contributed by atoms with Gasteiger partial charge in [0.05, 0.1) is 0 Å². The summed E-state index contributed by atoms with van der Waals surface area (Å²) in [6.07, 6.45) is 1.13. The fourth-order valence-corrected chi connectivity index (χ4v) is 2.16. The Balaban J connectivity index is 2.61. The van der Waals surface area contributed by atoms with Gasteiger partial charge in [0.2, 0.25) is 0 Å². The summed E-state index contributed by atoms with van der Waals surface area (Å²) in [6, 6.07) is 7.23. The molecule has 4 nitrogen and oxygen atoms in total.